The van der Waals surface area contributed by atoms with Gasteiger partial charge in [-0.3, -0.25) is 14.0 Å². The van der Waals surface area contributed by atoms with E-state index in [1.807, 2.05) is 12.1 Å². The van der Waals surface area contributed by atoms with Gasteiger partial charge in [-0.1, -0.05) is 82.3 Å². The predicted octanol–water partition coefficient (Wildman–Crippen LogP) is 1.80. The van der Waals surface area contributed by atoms with Gasteiger partial charge in [-0.25, -0.2) is 9.97 Å². The van der Waals surface area contributed by atoms with Crippen LogP contribution in [0, 0.1) is 0 Å². The summed E-state index contributed by atoms with van der Waals surface area (Å²) in [7, 11) is -1.00. The Morgan fingerprint density at radius 2 is 1.53 bits per heavy atom. The molecular formula is C27H19Cl5FN3Na2O5. The minimum Gasteiger partial charge on any atom is -1.00 e. The van der Waals surface area contributed by atoms with E-state index in [0.717, 1.165) is 5.56 Å². The number of carbonyl (C=O) groups excluding carboxylic acids is 2. The number of pyridine rings is 2. The first-order valence-corrected chi connectivity index (χ1v) is 12.9. The number of Topliss-reactive ketones (excluding diaryl/α,β-unsaturated/α-hetero) is 1. The molecule has 16 heteroatoms. The molecule has 0 aliphatic rings. The molecule has 8 nitrogen and oxygen atoms in total. The van der Waals surface area contributed by atoms with Gasteiger partial charge in [0.1, 0.15) is 21.0 Å². The van der Waals surface area contributed by atoms with Gasteiger partial charge in [-0.2, -0.15) is 4.98 Å². The van der Waals surface area contributed by atoms with Crippen molar-refractivity contribution in [2.45, 2.75) is 6.42 Å². The van der Waals surface area contributed by atoms with Crippen molar-refractivity contribution in [2.24, 2.45) is 0 Å². The summed E-state index contributed by atoms with van der Waals surface area (Å²) in [5, 5.41) is 10.5. The molecule has 2 aromatic carbocycles. The Morgan fingerprint density at radius 1 is 0.953 bits per heavy atom. The largest absolute Gasteiger partial charge is 1.00 e. The van der Waals surface area contributed by atoms with E-state index >= 15 is 0 Å². The number of fused-ring (bicyclic) bond motifs is 1. The molecule has 216 valence electrons. The second-order valence-corrected chi connectivity index (χ2v) is 9.38. The third-order valence-electron chi connectivity index (χ3n) is 4.72. The molecule has 0 saturated heterocycles. The van der Waals surface area contributed by atoms with Crippen LogP contribution in [0.4, 0.5) is 4.39 Å². The Balaban J connectivity index is 0. The second-order valence-electron chi connectivity index (χ2n) is 7.37. The monoisotopic (exact) mass is 706 g/mol. The van der Waals surface area contributed by atoms with E-state index in [2.05, 4.69) is 19.8 Å². The van der Waals surface area contributed by atoms with Gasteiger partial charge in [0.15, 0.2) is 5.78 Å². The van der Waals surface area contributed by atoms with Gasteiger partial charge in [0, 0.05) is 27.6 Å². The summed E-state index contributed by atoms with van der Waals surface area (Å²) in [5.74, 6) is 0.417. The number of nitrogens with zero attached hydrogens (tertiary/aromatic N) is 3. The van der Waals surface area contributed by atoms with Gasteiger partial charge in [0.2, 0.25) is 11.6 Å². The standard InChI is InChI=1S/C13H8Cl3NO.C12H6Cl2N2O.CH3F.CH2O3.2Na.H/c14-10-3-1-2-8(6-10)11(18)7-9-4-5-12(15)17-13(9)16;13-8-3-1-2-7(6-8)11-15-9-4-5-10(14)16-12(9)17-11;1-2;2-1-4-3;;;/h1-6H,7H2;1-6H;1H3;1,3H;;;/q;;;;2*+1;-1/p-1/i;;1D;;;;. The van der Waals surface area contributed by atoms with Crippen molar-refractivity contribution in [3.05, 3.63) is 109 Å². The van der Waals surface area contributed by atoms with Crippen LogP contribution in [0.2, 0.25) is 25.5 Å². The zero-order valence-electron chi connectivity index (χ0n) is 24.6. The maximum absolute atomic E-state index is 12.0. The average Bonchev–Trinajstić information content (AvgIpc) is 3.39. The Hall–Kier alpha value is -1.31. The molecule has 0 fully saturated rings. The van der Waals surface area contributed by atoms with E-state index in [1.54, 1.807) is 60.7 Å². The first-order valence-electron chi connectivity index (χ1n) is 11.7. The van der Waals surface area contributed by atoms with Crippen LogP contribution < -0.4 is 64.4 Å². The van der Waals surface area contributed by atoms with Crippen molar-refractivity contribution in [3.63, 3.8) is 0 Å². The molecule has 0 atom stereocenters. The van der Waals surface area contributed by atoms with Gasteiger partial charge < -0.3 is 16.0 Å². The summed E-state index contributed by atoms with van der Waals surface area (Å²) in [6, 6.07) is 20.8. The van der Waals surface area contributed by atoms with Crippen LogP contribution in [0.1, 0.15) is 18.7 Å². The number of halogens is 6. The number of benzene rings is 2. The van der Waals surface area contributed by atoms with Crippen molar-refractivity contribution in [1.82, 2.24) is 15.0 Å². The van der Waals surface area contributed by atoms with Gasteiger partial charge in [-0.05, 0) is 54.1 Å². The Morgan fingerprint density at radius 3 is 2.12 bits per heavy atom. The SMILES string of the molecule is Clc1cccc(-c2nc3ccc(Cl)nc3o2)c1.O=C(Cc1ccc(Cl)nc1Cl)c1cccc(Cl)c1.O=CO[O-].[2H]CF.[H-].[Na+].[Na+]. The molecule has 5 rings (SSSR count). The molecule has 3 heterocycles. The molecule has 43 heavy (non-hydrogen) atoms. The van der Waals surface area contributed by atoms with E-state index in [0.29, 0.717) is 48.6 Å². The zero-order chi connectivity index (χ0) is 31.1. The quantitative estimate of drug-likeness (QED) is 0.0678. The van der Waals surface area contributed by atoms with Crippen molar-refractivity contribution in [1.29, 1.82) is 0 Å². The Kier molecular flexibility index (Phi) is 20.5. The maximum atomic E-state index is 12.0. The van der Waals surface area contributed by atoms with E-state index in [4.69, 9.17) is 73.8 Å². The second kappa shape index (κ2) is 22.2. The van der Waals surface area contributed by atoms with Crippen LogP contribution in [0.25, 0.3) is 22.7 Å². The molecule has 0 spiro atoms. The molecule has 0 bridgehead atoms. The van der Waals surface area contributed by atoms with Crippen LogP contribution in [0.3, 0.4) is 0 Å². The minimum absolute atomic E-state index is 0. The number of carbonyl (C=O) groups is 2. The fourth-order valence-corrected chi connectivity index (χ4v) is 3.98. The molecule has 0 amide bonds. The summed E-state index contributed by atoms with van der Waals surface area (Å²) in [5.41, 5.74) is 3.10. The van der Waals surface area contributed by atoms with Gasteiger partial charge in [0.25, 0.3) is 6.47 Å². The topological polar surface area (TPSA) is 118 Å². The molecule has 0 aliphatic carbocycles. The van der Waals surface area contributed by atoms with Crippen LogP contribution in [0.5, 0.6) is 0 Å². The van der Waals surface area contributed by atoms with Crippen molar-refractivity contribution in [2.75, 3.05) is 7.15 Å². The smallest absolute Gasteiger partial charge is 1.00 e. The van der Waals surface area contributed by atoms with Crippen LogP contribution in [0.15, 0.2) is 77.2 Å². The van der Waals surface area contributed by atoms with E-state index in [9.17, 15) is 9.18 Å². The Labute approximate surface area is 318 Å². The third-order valence-corrected chi connectivity index (χ3v) is 5.94. The number of rotatable bonds is 5. The summed E-state index contributed by atoms with van der Waals surface area (Å²) in [4.78, 5) is 35.5. The maximum Gasteiger partial charge on any atom is 1.00 e. The van der Waals surface area contributed by atoms with E-state index in [-0.39, 0.29) is 84.4 Å². The summed E-state index contributed by atoms with van der Waals surface area (Å²) in [6.45, 7) is -0.181. The fourth-order valence-electron chi connectivity index (χ4n) is 3.05. The van der Waals surface area contributed by atoms with Gasteiger partial charge in [-0.15, -0.1) is 0 Å². The van der Waals surface area contributed by atoms with E-state index < -0.39 is 7.15 Å². The molecule has 0 N–H and O–H groups in total. The number of aromatic nitrogens is 3. The Bertz CT molecular complexity index is 1640. The normalized spacial score (nSPS) is 9.60. The van der Waals surface area contributed by atoms with Gasteiger partial charge >= 0.3 is 59.1 Å². The number of oxazole rings is 1. The van der Waals surface area contributed by atoms with Crippen LogP contribution in [-0.4, -0.2) is 34.4 Å². The summed E-state index contributed by atoms with van der Waals surface area (Å²) >= 11 is 29.1. The third kappa shape index (κ3) is 14.1. The first-order chi connectivity index (χ1) is 20.1. The zero-order valence-corrected chi connectivity index (χ0v) is 30.4. The number of hydrogen-bond acceptors (Lipinski definition) is 8. The summed E-state index contributed by atoms with van der Waals surface area (Å²) < 4.78 is 21.0. The van der Waals surface area contributed by atoms with Crippen LogP contribution in [-0.2, 0) is 16.1 Å². The van der Waals surface area contributed by atoms with E-state index in [1.165, 1.54) is 0 Å². The average molecular weight is 709 g/mol. The first kappa shape index (κ1) is 39.7. The molecule has 3 aromatic heterocycles. The van der Waals surface area contributed by atoms with Crippen LogP contribution >= 0.6 is 58.0 Å². The van der Waals surface area contributed by atoms with Gasteiger partial charge in [0.05, 0.1) is 8.52 Å². The molecule has 0 aliphatic heterocycles. The van der Waals surface area contributed by atoms with Crippen molar-refractivity contribution in [3.8, 4) is 11.5 Å². The molecule has 0 saturated carbocycles. The number of ketones is 1. The predicted molar refractivity (Wildman–Crippen MR) is 156 cm³/mol. The molecule has 5 aromatic rings. The number of alkyl halides is 1. The summed E-state index contributed by atoms with van der Waals surface area (Å²) in [6.07, 6.45) is 0.170. The van der Waals surface area contributed by atoms with Crippen molar-refractivity contribution < 1.29 is 90.5 Å². The minimum atomic E-state index is -1.00. The number of hydrogen-bond donors (Lipinski definition) is 0. The molecular weight excluding hydrogens is 689 g/mol. The molecule has 0 radical (unpaired) electrons. The fraction of sp³-hybridized carbons (Fsp3) is 0.0741. The van der Waals surface area contributed by atoms with Crippen molar-refractivity contribution >= 4 is 81.5 Å². The molecule has 0 unspecified atom stereocenters.